The number of hydrogen-bond donors (Lipinski definition) is 0. The molecule has 3 nitrogen and oxygen atoms in total. The lowest BCUT2D eigenvalue weighted by Gasteiger charge is -2.35. The second kappa shape index (κ2) is 5.14. The fourth-order valence-corrected chi connectivity index (χ4v) is 2.73. The van der Waals surface area contributed by atoms with Crippen molar-refractivity contribution in [1.29, 1.82) is 0 Å². The van der Waals surface area contributed by atoms with E-state index in [4.69, 9.17) is 9.47 Å². The van der Waals surface area contributed by atoms with Crippen LogP contribution in [0.1, 0.15) is 38.5 Å². The van der Waals surface area contributed by atoms with Crippen LogP contribution in [0.4, 0.5) is 5.69 Å². The van der Waals surface area contributed by atoms with Gasteiger partial charge in [-0.25, -0.2) is 0 Å². The molecule has 1 aromatic rings. The van der Waals surface area contributed by atoms with Gasteiger partial charge in [-0.1, -0.05) is 26.0 Å². The zero-order valence-corrected chi connectivity index (χ0v) is 11.9. The van der Waals surface area contributed by atoms with Gasteiger partial charge in [0, 0.05) is 29.8 Å². The predicted octanol–water partition coefficient (Wildman–Crippen LogP) is 3.36. The van der Waals surface area contributed by atoms with E-state index < -0.39 is 0 Å². The Morgan fingerprint density at radius 1 is 1.11 bits per heavy atom. The number of anilines is 1. The maximum atomic E-state index is 5.86. The van der Waals surface area contributed by atoms with Crippen molar-refractivity contribution in [3.05, 3.63) is 29.8 Å². The van der Waals surface area contributed by atoms with Crippen LogP contribution in [0.5, 0.6) is 0 Å². The van der Waals surface area contributed by atoms with Gasteiger partial charge in [-0.3, -0.25) is 0 Å². The fourth-order valence-electron chi connectivity index (χ4n) is 2.73. The highest BCUT2D eigenvalue weighted by Crippen LogP contribution is 2.32. The summed E-state index contributed by atoms with van der Waals surface area (Å²) in [5.74, 6) is 0. The van der Waals surface area contributed by atoms with E-state index in [1.807, 2.05) is 0 Å². The van der Waals surface area contributed by atoms with E-state index in [2.05, 4.69) is 43.0 Å². The normalized spacial score (nSPS) is 23.8. The molecule has 0 radical (unpaired) electrons. The summed E-state index contributed by atoms with van der Waals surface area (Å²) < 4.78 is 11.7. The van der Waals surface area contributed by atoms with Gasteiger partial charge in [0.1, 0.15) is 0 Å². The SMILES string of the molecule is CC1(C)COC(c2cccc(N3CCCC3)c2)OC1. The number of hydrogen-bond acceptors (Lipinski definition) is 3. The lowest BCUT2D eigenvalue weighted by atomic mass is 9.95. The van der Waals surface area contributed by atoms with Gasteiger partial charge in [-0.05, 0) is 25.0 Å². The molecule has 0 amide bonds. The van der Waals surface area contributed by atoms with Crippen LogP contribution in [-0.2, 0) is 9.47 Å². The number of nitrogens with zero attached hydrogens (tertiary/aromatic N) is 1. The molecule has 2 fully saturated rings. The Morgan fingerprint density at radius 2 is 1.79 bits per heavy atom. The minimum absolute atomic E-state index is 0.128. The first-order valence-electron chi connectivity index (χ1n) is 7.22. The molecule has 19 heavy (non-hydrogen) atoms. The Bertz CT molecular complexity index is 428. The predicted molar refractivity (Wildman–Crippen MR) is 76.3 cm³/mol. The second-order valence-corrected chi connectivity index (χ2v) is 6.41. The van der Waals surface area contributed by atoms with Crippen LogP contribution in [0, 0.1) is 5.41 Å². The second-order valence-electron chi connectivity index (χ2n) is 6.41. The van der Waals surface area contributed by atoms with E-state index in [0.29, 0.717) is 0 Å². The molecule has 0 N–H and O–H groups in total. The summed E-state index contributed by atoms with van der Waals surface area (Å²) in [5, 5.41) is 0. The summed E-state index contributed by atoms with van der Waals surface area (Å²) in [4.78, 5) is 2.44. The van der Waals surface area contributed by atoms with Crippen LogP contribution in [0.15, 0.2) is 24.3 Å². The fraction of sp³-hybridized carbons (Fsp3) is 0.625. The van der Waals surface area contributed by atoms with Crippen molar-refractivity contribution in [2.75, 3.05) is 31.2 Å². The molecule has 0 atom stereocenters. The minimum atomic E-state index is -0.199. The Labute approximate surface area is 115 Å². The molecule has 0 bridgehead atoms. The lowest BCUT2D eigenvalue weighted by Crippen LogP contribution is -2.33. The molecule has 2 aliphatic heterocycles. The zero-order chi connectivity index (χ0) is 13.3. The van der Waals surface area contributed by atoms with Crippen molar-refractivity contribution in [2.24, 2.45) is 5.41 Å². The smallest absolute Gasteiger partial charge is 0.183 e. The first-order valence-corrected chi connectivity index (χ1v) is 7.22. The number of rotatable bonds is 2. The van der Waals surface area contributed by atoms with E-state index in [0.717, 1.165) is 18.8 Å². The molecule has 3 rings (SSSR count). The monoisotopic (exact) mass is 261 g/mol. The third kappa shape index (κ3) is 2.93. The molecule has 0 spiro atoms. The molecule has 2 saturated heterocycles. The topological polar surface area (TPSA) is 21.7 Å². The quantitative estimate of drug-likeness (QED) is 0.815. The Balaban J connectivity index is 1.72. The highest BCUT2D eigenvalue weighted by molar-refractivity contribution is 5.49. The molecule has 0 aromatic heterocycles. The molecule has 3 heteroatoms. The van der Waals surface area contributed by atoms with Gasteiger partial charge in [0.15, 0.2) is 6.29 Å². The highest BCUT2D eigenvalue weighted by Gasteiger charge is 2.29. The molecule has 0 aliphatic carbocycles. The van der Waals surface area contributed by atoms with E-state index in [1.165, 1.54) is 31.6 Å². The third-order valence-corrected chi connectivity index (χ3v) is 3.86. The first kappa shape index (κ1) is 12.9. The van der Waals surface area contributed by atoms with Gasteiger partial charge >= 0.3 is 0 Å². The standard InChI is InChI=1S/C16H23NO2/c1-16(2)11-18-15(19-12-16)13-6-5-7-14(10-13)17-8-3-4-9-17/h5-7,10,15H,3-4,8-9,11-12H2,1-2H3. The largest absolute Gasteiger partial charge is 0.372 e. The highest BCUT2D eigenvalue weighted by atomic mass is 16.7. The Kier molecular flexibility index (Phi) is 3.50. The molecule has 104 valence electrons. The Morgan fingerprint density at radius 3 is 2.47 bits per heavy atom. The summed E-state index contributed by atoms with van der Waals surface area (Å²) in [6.07, 6.45) is 2.40. The van der Waals surface area contributed by atoms with Gasteiger partial charge in [-0.15, -0.1) is 0 Å². The molecular weight excluding hydrogens is 238 g/mol. The van der Waals surface area contributed by atoms with Crippen molar-refractivity contribution in [3.8, 4) is 0 Å². The Hall–Kier alpha value is -1.06. The van der Waals surface area contributed by atoms with E-state index >= 15 is 0 Å². The zero-order valence-electron chi connectivity index (χ0n) is 11.9. The van der Waals surface area contributed by atoms with Gasteiger partial charge < -0.3 is 14.4 Å². The number of ether oxygens (including phenoxy) is 2. The maximum Gasteiger partial charge on any atom is 0.183 e. The van der Waals surface area contributed by atoms with Gasteiger partial charge in [0.05, 0.1) is 13.2 Å². The summed E-state index contributed by atoms with van der Waals surface area (Å²) in [6.45, 7) is 8.19. The van der Waals surface area contributed by atoms with Crippen LogP contribution in [0.2, 0.25) is 0 Å². The van der Waals surface area contributed by atoms with Crippen LogP contribution in [0.25, 0.3) is 0 Å². The molecule has 2 heterocycles. The van der Waals surface area contributed by atoms with Crippen LogP contribution >= 0.6 is 0 Å². The molecule has 1 aromatic carbocycles. The molecular formula is C16H23NO2. The summed E-state index contributed by atoms with van der Waals surface area (Å²) >= 11 is 0. The van der Waals surface area contributed by atoms with Crippen LogP contribution in [0.3, 0.4) is 0 Å². The van der Waals surface area contributed by atoms with Crippen molar-refractivity contribution in [1.82, 2.24) is 0 Å². The molecule has 0 saturated carbocycles. The first-order chi connectivity index (χ1) is 9.14. The van der Waals surface area contributed by atoms with Gasteiger partial charge in [-0.2, -0.15) is 0 Å². The van der Waals surface area contributed by atoms with Crippen molar-refractivity contribution in [3.63, 3.8) is 0 Å². The average Bonchev–Trinajstić information content (AvgIpc) is 2.93. The van der Waals surface area contributed by atoms with Gasteiger partial charge in [0.25, 0.3) is 0 Å². The van der Waals surface area contributed by atoms with Crippen LogP contribution < -0.4 is 4.90 Å². The van der Waals surface area contributed by atoms with Crippen molar-refractivity contribution in [2.45, 2.75) is 33.0 Å². The summed E-state index contributed by atoms with van der Waals surface area (Å²) in [6, 6.07) is 8.61. The molecule has 0 unspecified atom stereocenters. The molecule has 2 aliphatic rings. The van der Waals surface area contributed by atoms with E-state index in [9.17, 15) is 0 Å². The van der Waals surface area contributed by atoms with Gasteiger partial charge in [0.2, 0.25) is 0 Å². The third-order valence-electron chi connectivity index (χ3n) is 3.86. The van der Waals surface area contributed by atoms with E-state index in [-0.39, 0.29) is 11.7 Å². The van der Waals surface area contributed by atoms with Crippen molar-refractivity contribution >= 4 is 5.69 Å². The maximum absolute atomic E-state index is 5.86. The average molecular weight is 261 g/mol. The summed E-state index contributed by atoms with van der Waals surface area (Å²) in [7, 11) is 0. The van der Waals surface area contributed by atoms with Crippen molar-refractivity contribution < 1.29 is 9.47 Å². The summed E-state index contributed by atoms with van der Waals surface area (Å²) in [5.41, 5.74) is 2.57. The number of benzene rings is 1. The van der Waals surface area contributed by atoms with E-state index in [1.54, 1.807) is 0 Å². The lowest BCUT2D eigenvalue weighted by molar-refractivity contribution is -0.226. The minimum Gasteiger partial charge on any atom is -0.372 e. The van der Waals surface area contributed by atoms with Crippen LogP contribution in [-0.4, -0.2) is 26.3 Å².